The maximum absolute atomic E-state index is 11.5. The van der Waals surface area contributed by atoms with Crippen LogP contribution in [0.15, 0.2) is 6.07 Å². The number of aromatic nitrogens is 2. The van der Waals surface area contributed by atoms with E-state index in [1.54, 1.807) is 19.9 Å². The highest BCUT2D eigenvalue weighted by Gasteiger charge is 2.09. The third-order valence-electron chi connectivity index (χ3n) is 1.70. The third-order valence-corrected chi connectivity index (χ3v) is 1.70. The Morgan fingerprint density at radius 3 is 2.93 bits per heavy atom. The lowest BCUT2D eigenvalue weighted by molar-refractivity contribution is 0.0957. The lowest BCUT2D eigenvalue weighted by atomic mass is 10.2. The van der Waals surface area contributed by atoms with Gasteiger partial charge in [-0.1, -0.05) is 5.92 Å². The first-order chi connectivity index (χ1) is 6.65. The Bertz CT molecular complexity index is 393. The summed E-state index contributed by atoms with van der Waals surface area (Å²) < 4.78 is 0. The van der Waals surface area contributed by atoms with Gasteiger partial charge in [0, 0.05) is 0 Å². The van der Waals surface area contributed by atoms with Gasteiger partial charge in [0.25, 0.3) is 5.91 Å². The number of hydrogen-bond donors (Lipinski definition) is 1. The van der Waals surface area contributed by atoms with Crippen LogP contribution in [-0.2, 0) is 0 Å². The molecule has 1 amide bonds. The van der Waals surface area contributed by atoms with Crippen molar-refractivity contribution in [2.75, 3.05) is 6.54 Å². The first-order valence-electron chi connectivity index (χ1n) is 4.17. The monoisotopic (exact) mass is 189 g/mol. The minimum atomic E-state index is -0.210. The summed E-state index contributed by atoms with van der Waals surface area (Å²) in [6, 6.07) is 1.69. The fraction of sp³-hybridized carbons (Fsp3) is 0.300. The molecule has 4 nitrogen and oxygen atoms in total. The molecular weight excluding hydrogens is 178 g/mol. The summed E-state index contributed by atoms with van der Waals surface area (Å²) in [7, 11) is 0. The Morgan fingerprint density at radius 1 is 1.57 bits per heavy atom. The van der Waals surface area contributed by atoms with Gasteiger partial charge in [0.15, 0.2) is 0 Å². The number of nitrogens with one attached hydrogen (secondary N) is 1. The molecule has 0 aliphatic carbocycles. The van der Waals surface area contributed by atoms with Crippen molar-refractivity contribution in [3.63, 3.8) is 0 Å². The summed E-state index contributed by atoms with van der Waals surface area (Å²) in [5.41, 5.74) is 1.83. The molecule has 0 atom stereocenters. The maximum atomic E-state index is 11.5. The van der Waals surface area contributed by atoms with Crippen molar-refractivity contribution >= 4 is 5.91 Å². The topological polar surface area (TPSA) is 54.9 Å². The number of hydrogen-bond acceptors (Lipinski definition) is 3. The Balaban J connectivity index is 2.90. The number of nitrogens with zero attached hydrogens (tertiary/aromatic N) is 2. The van der Waals surface area contributed by atoms with Gasteiger partial charge < -0.3 is 5.32 Å². The molecule has 0 aliphatic rings. The van der Waals surface area contributed by atoms with Crippen LogP contribution in [0.25, 0.3) is 0 Å². The predicted octanol–water partition coefficient (Wildman–Crippen LogP) is 0.456. The molecule has 1 heterocycles. The van der Waals surface area contributed by atoms with Crippen molar-refractivity contribution in [1.82, 2.24) is 15.5 Å². The van der Waals surface area contributed by atoms with Crippen LogP contribution >= 0.6 is 0 Å². The molecule has 0 fully saturated rings. The van der Waals surface area contributed by atoms with Crippen LogP contribution in [0.1, 0.15) is 21.7 Å². The minimum absolute atomic E-state index is 0.210. The number of terminal acetylenes is 1. The van der Waals surface area contributed by atoms with Gasteiger partial charge in [-0.3, -0.25) is 4.79 Å². The smallest absolute Gasteiger partial charge is 0.254 e. The van der Waals surface area contributed by atoms with Crippen LogP contribution in [0.3, 0.4) is 0 Å². The van der Waals surface area contributed by atoms with E-state index in [9.17, 15) is 4.79 Å². The molecule has 0 saturated heterocycles. The number of rotatable bonds is 2. The normalized spacial score (nSPS) is 9.21. The van der Waals surface area contributed by atoms with Gasteiger partial charge in [-0.2, -0.15) is 10.2 Å². The fourth-order valence-electron chi connectivity index (χ4n) is 1.01. The molecule has 1 N–H and O–H groups in total. The summed E-state index contributed by atoms with van der Waals surface area (Å²) in [5.74, 6) is 2.12. The molecule has 0 radical (unpaired) electrons. The Kier molecular flexibility index (Phi) is 3.19. The first-order valence-corrected chi connectivity index (χ1v) is 4.17. The molecule has 4 heteroatoms. The number of carbonyl (C=O) groups excluding carboxylic acids is 1. The highest BCUT2D eigenvalue weighted by molar-refractivity contribution is 5.95. The summed E-state index contributed by atoms with van der Waals surface area (Å²) in [6.07, 6.45) is 5.03. The van der Waals surface area contributed by atoms with Crippen molar-refractivity contribution in [2.45, 2.75) is 13.8 Å². The predicted molar refractivity (Wildman–Crippen MR) is 52.7 cm³/mol. The molecule has 14 heavy (non-hydrogen) atoms. The molecule has 1 rings (SSSR count). The van der Waals surface area contributed by atoms with Crippen molar-refractivity contribution in [1.29, 1.82) is 0 Å². The molecule has 0 aliphatic heterocycles. The molecule has 1 aromatic rings. The van der Waals surface area contributed by atoms with E-state index >= 15 is 0 Å². The number of carbonyl (C=O) groups is 1. The van der Waals surface area contributed by atoms with Gasteiger partial charge in [0.1, 0.15) is 0 Å². The Morgan fingerprint density at radius 2 is 2.29 bits per heavy atom. The Hall–Kier alpha value is -1.89. The highest BCUT2D eigenvalue weighted by atomic mass is 16.1. The van der Waals surface area contributed by atoms with Crippen LogP contribution in [0.2, 0.25) is 0 Å². The molecule has 0 spiro atoms. The standard InChI is InChI=1S/C10H11N3O/c1-4-5-11-10(14)9-6-7(2)12-13-8(9)3/h1,6H,5H2,2-3H3,(H,11,14). The van der Waals surface area contributed by atoms with Crippen LogP contribution in [0, 0.1) is 26.2 Å². The second-order valence-electron chi connectivity index (χ2n) is 2.87. The van der Waals surface area contributed by atoms with E-state index in [0.29, 0.717) is 17.0 Å². The van der Waals surface area contributed by atoms with E-state index in [0.717, 1.165) is 0 Å². The summed E-state index contributed by atoms with van der Waals surface area (Å²) in [4.78, 5) is 11.5. The van der Waals surface area contributed by atoms with Crippen LogP contribution in [-0.4, -0.2) is 22.6 Å². The van der Waals surface area contributed by atoms with E-state index in [1.165, 1.54) is 0 Å². The summed E-state index contributed by atoms with van der Waals surface area (Å²) >= 11 is 0. The zero-order chi connectivity index (χ0) is 10.6. The van der Waals surface area contributed by atoms with E-state index in [-0.39, 0.29) is 12.5 Å². The van der Waals surface area contributed by atoms with Gasteiger partial charge in [0.2, 0.25) is 0 Å². The zero-order valence-corrected chi connectivity index (χ0v) is 8.16. The number of aryl methyl sites for hydroxylation is 2. The van der Waals surface area contributed by atoms with Crippen molar-refractivity contribution in [3.05, 3.63) is 23.0 Å². The summed E-state index contributed by atoms with van der Waals surface area (Å²) in [6.45, 7) is 3.74. The number of amides is 1. The van der Waals surface area contributed by atoms with Crippen LogP contribution in [0.4, 0.5) is 0 Å². The maximum Gasteiger partial charge on any atom is 0.254 e. The summed E-state index contributed by atoms with van der Waals surface area (Å²) in [5, 5.41) is 10.3. The molecular formula is C10H11N3O. The van der Waals surface area contributed by atoms with Crippen LogP contribution in [0.5, 0.6) is 0 Å². The van der Waals surface area contributed by atoms with Crippen molar-refractivity contribution in [2.24, 2.45) is 0 Å². The highest BCUT2D eigenvalue weighted by Crippen LogP contribution is 2.04. The van der Waals surface area contributed by atoms with Crippen molar-refractivity contribution < 1.29 is 4.79 Å². The molecule has 1 aromatic heterocycles. The fourth-order valence-corrected chi connectivity index (χ4v) is 1.01. The lowest BCUT2D eigenvalue weighted by Gasteiger charge is -2.04. The Labute approximate surface area is 82.7 Å². The minimum Gasteiger partial charge on any atom is -0.341 e. The third kappa shape index (κ3) is 2.30. The van der Waals surface area contributed by atoms with Gasteiger partial charge >= 0.3 is 0 Å². The molecule has 0 unspecified atom stereocenters. The van der Waals surface area contributed by atoms with E-state index < -0.39 is 0 Å². The quantitative estimate of drug-likeness (QED) is 0.687. The second-order valence-corrected chi connectivity index (χ2v) is 2.87. The van der Waals surface area contributed by atoms with Gasteiger partial charge in [-0.05, 0) is 19.9 Å². The second kappa shape index (κ2) is 4.38. The molecule has 0 aromatic carbocycles. The molecule has 72 valence electrons. The molecule has 0 saturated carbocycles. The lowest BCUT2D eigenvalue weighted by Crippen LogP contribution is -2.25. The van der Waals surface area contributed by atoms with Crippen LogP contribution < -0.4 is 5.32 Å². The van der Waals surface area contributed by atoms with Gasteiger partial charge in [0.05, 0.1) is 23.5 Å². The largest absolute Gasteiger partial charge is 0.341 e. The SMILES string of the molecule is C#CCNC(=O)c1cc(C)nnc1C. The average molecular weight is 189 g/mol. The van der Waals surface area contributed by atoms with Gasteiger partial charge in [-0.15, -0.1) is 6.42 Å². The first kappa shape index (κ1) is 10.2. The van der Waals surface area contributed by atoms with E-state index in [4.69, 9.17) is 6.42 Å². The van der Waals surface area contributed by atoms with Gasteiger partial charge in [-0.25, -0.2) is 0 Å². The molecule has 0 bridgehead atoms. The zero-order valence-electron chi connectivity index (χ0n) is 8.16. The van der Waals surface area contributed by atoms with E-state index in [2.05, 4.69) is 21.4 Å². The average Bonchev–Trinajstić information content (AvgIpc) is 2.18. The van der Waals surface area contributed by atoms with Crippen molar-refractivity contribution in [3.8, 4) is 12.3 Å². The van der Waals surface area contributed by atoms with E-state index in [1.807, 2.05) is 0 Å².